The van der Waals surface area contributed by atoms with Crippen LogP contribution in [-0.4, -0.2) is 9.55 Å². The molecule has 0 aliphatic rings. The molecule has 0 atom stereocenters. The Bertz CT molecular complexity index is 1630. The summed E-state index contributed by atoms with van der Waals surface area (Å²) in [6.45, 7) is 0. The quantitative estimate of drug-likeness (QED) is 0.299. The van der Waals surface area contributed by atoms with E-state index in [0.29, 0.717) is 11.3 Å². The molecule has 0 radical (unpaired) electrons. The SMILES string of the molecule is N#Cc1cccnc1-c1ccccc1-c1ccccc1-n1c2ccccc2c2ccccc21. The topological polar surface area (TPSA) is 41.6 Å². The van der Waals surface area contributed by atoms with Crippen LogP contribution in [0.3, 0.4) is 0 Å². The van der Waals surface area contributed by atoms with E-state index in [0.717, 1.165) is 22.4 Å². The van der Waals surface area contributed by atoms with Gasteiger partial charge in [-0.25, -0.2) is 0 Å². The molecule has 0 amide bonds. The maximum atomic E-state index is 9.69. The molecule has 154 valence electrons. The van der Waals surface area contributed by atoms with Crippen molar-refractivity contribution in [2.45, 2.75) is 0 Å². The molecule has 6 rings (SSSR count). The normalized spacial score (nSPS) is 11.0. The van der Waals surface area contributed by atoms with Crippen LogP contribution in [0, 0.1) is 11.3 Å². The molecule has 0 N–H and O–H groups in total. The standard InChI is InChI=1S/C30H19N3/c31-20-21-10-9-19-32-30(21)26-15-2-1-11-22(26)23-12-3-6-16-27(23)33-28-17-7-4-13-24(28)25-14-5-8-18-29(25)33/h1-19H. The van der Waals surface area contributed by atoms with E-state index in [1.54, 1.807) is 12.3 Å². The second kappa shape index (κ2) is 7.78. The molecule has 0 saturated heterocycles. The van der Waals surface area contributed by atoms with E-state index in [-0.39, 0.29) is 0 Å². The fourth-order valence-corrected chi connectivity index (χ4v) is 4.71. The maximum absolute atomic E-state index is 9.69. The lowest BCUT2D eigenvalue weighted by atomic mass is 9.94. The number of hydrogen-bond acceptors (Lipinski definition) is 2. The summed E-state index contributed by atoms with van der Waals surface area (Å²) in [6.07, 6.45) is 1.74. The van der Waals surface area contributed by atoms with Gasteiger partial charge in [-0.3, -0.25) is 4.98 Å². The number of fused-ring (bicyclic) bond motifs is 3. The van der Waals surface area contributed by atoms with Crippen molar-refractivity contribution >= 4 is 21.8 Å². The van der Waals surface area contributed by atoms with Crippen molar-refractivity contribution in [3.63, 3.8) is 0 Å². The summed E-state index contributed by atoms with van der Waals surface area (Å²) in [5, 5.41) is 12.1. The smallest absolute Gasteiger partial charge is 0.101 e. The van der Waals surface area contributed by atoms with E-state index in [1.807, 2.05) is 24.3 Å². The monoisotopic (exact) mass is 421 g/mol. The average molecular weight is 422 g/mol. The lowest BCUT2D eigenvalue weighted by molar-refractivity contribution is 1.18. The third kappa shape index (κ3) is 3.01. The van der Waals surface area contributed by atoms with Crippen molar-refractivity contribution < 1.29 is 0 Å². The molecule has 0 aliphatic carbocycles. The zero-order chi connectivity index (χ0) is 22.2. The molecule has 3 heteroatoms. The van der Waals surface area contributed by atoms with Gasteiger partial charge >= 0.3 is 0 Å². The van der Waals surface area contributed by atoms with Crippen LogP contribution in [0.5, 0.6) is 0 Å². The van der Waals surface area contributed by atoms with Gasteiger partial charge in [0.15, 0.2) is 0 Å². The highest BCUT2D eigenvalue weighted by molar-refractivity contribution is 6.09. The molecule has 0 spiro atoms. The molecule has 0 aliphatic heterocycles. The Morgan fingerprint density at radius 3 is 1.85 bits per heavy atom. The summed E-state index contributed by atoms with van der Waals surface area (Å²) in [5.41, 5.74) is 7.78. The molecule has 6 aromatic rings. The number of para-hydroxylation sites is 3. The number of hydrogen-bond donors (Lipinski definition) is 0. The summed E-state index contributed by atoms with van der Waals surface area (Å²) in [6, 6.07) is 39.6. The highest BCUT2D eigenvalue weighted by Gasteiger charge is 2.18. The largest absolute Gasteiger partial charge is 0.309 e. The zero-order valence-electron chi connectivity index (χ0n) is 17.8. The molecule has 2 aromatic heterocycles. The highest BCUT2D eigenvalue weighted by atomic mass is 15.0. The van der Waals surface area contributed by atoms with Gasteiger partial charge in [0.05, 0.1) is 28.0 Å². The molecule has 4 aromatic carbocycles. The van der Waals surface area contributed by atoms with Crippen LogP contribution >= 0.6 is 0 Å². The molecule has 0 unspecified atom stereocenters. The van der Waals surface area contributed by atoms with Gasteiger partial charge in [-0.15, -0.1) is 0 Å². The van der Waals surface area contributed by atoms with E-state index in [4.69, 9.17) is 0 Å². The number of pyridine rings is 1. The van der Waals surface area contributed by atoms with E-state index in [2.05, 4.69) is 94.5 Å². The number of rotatable bonds is 3. The van der Waals surface area contributed by atoms with Crippen molar-refractivity contribution in [1.82, 2.24) is 9.55 Å². The maximum Gasteiger partial charge on any atom is 0.101 e. The zero-order valence-corrected chi connectivity index (χ0v) is 17.8. The predicted octanol–water partition coefficient (Wildman–Crippen LogP) is 7.38. The third-order valence-electron chi connectivity index (χ3n) is 6.13. The van der Waals surface area contributed by atoms with Crippen molar-refractivity contribution in [1.29, 1.82) is 5.26 Å². The lowest BCUT2D eigenvalue weighted by Gasteiger charge is -2.17. The molecule has 3 nitrogen and oxygen atoms in total. The first-order valence-corrected chi connectivity index (χ1v) is 10.9. The van der Waals surface area contributed by atoms with Crippen LogP contribution in [0.1, 0.15) is 5.56 Å². The second-order valence-corrected chi connectivity index (χ2v) is 7.94. The Hall–Kier alpha value is -4.68. The molecule has 0 bridgehead atoms. The van der Waals surface area contributed by atoms with E-state index < -0.39 is 0 Å². The number of nitriles is 1. The second-order valence-electron chi connectivity index (χ2n) is 7.94. The first-order chi connectivity index (χ1) is 16.4. The van der Waals surface area contributed by atoms with Crippen molar-refractivity contribution in [2.24, 2.45) is 0 Å². The minimum atomic E-state index is 0.569. The van der Waals surface area contributed by atoms with Gasteiger partial charge < -0.3 is 4.57 Å². The number of aromatic nitrogens is 2. The summed E-state index contributed by atoms with van der Waals surface area (Å²) >= 11 is 0. The van der Waals surface area contributed by atoms with Crippen LogP contribution in [0.2, 0.25) is 0 Å². The Labute approximate surface area is 191 Å². The van der Waals surface area contributed by atoms with Gasteiger partial charge in [-0.1, -0.05) is 78.9 Å². The molecule has 33 heavy (non-hydrogen) atoms. The number of nitrogens with zero attached hydrogens (tertiary/aromatic N) is 3. The fourth-order valence-electron chi connectivity index (χ4n) is 4.71. The molecule has 2 heterocycles. The minimum absolute atomic E-state index is 0.569. The average Bonchev–Trinajstić information content (AvgIpc) is 3.23. The van der Waals surface area contributed by atoms with Gasteiger partial charge in [0, 0.05) is 28.1 Å². The molecule has 0 fully saturated rings. The van der Waals surface area contributed by atoms with Gasteiger partial charge in [0.1, 0.15) is 6.07 Å². The van der Waals surface area contributed by atoms with Crippen LogP contribution in [0.4, 0.5) is 0 Å². The summed E-state index contributed by atoms with van der Waals surface area (Å²) in [5.74, 6) is 0. The van der Waals surface area contributed by atoms with Gasteiger partial charge in [0.2, 0.25) is 0 Å². The van der Waals surface area contributed by atoms with Gasteiger partial charge in [-0.05, 0) is 35.9 Å². The Balaban J connectivity index is 1.68. The van der Waals surface area contributed by atoms with Crippen LogP contribution < -0.4 is 0 Å². The fraction of sp³-hybridized carbons (Fsp3) is 0. The van der Waals surface area contributed by atoms with Crippen molar-refractivity contribution in [3.05, 3.63) is 121 Å². The third-order valence-corrected chi connectivity index (χ3v) is 6.13. The Kier molecular flexibility index (Phi) is 4.49. The summed E-state index contributed by atoms with van der Waals surface area (Å²) in [4.78, 5) is 4.57. The minimum Gasteiger partial charge on any atom is -0.309 e. The highest BCUT2D eigenvalue weighted by Crippen LogP contribution is 2.39. The van der Waals surface area contributed by atoms with Gasteiger partial charge in [-0.2, -0.15) is 5.26 Å². The first-order valence-electron chi connectivity index (χ1n) is 10.9. The van der Waals surface area contributed by atoms with Crippen LogP contribution in [0.15, 0.2) is 115 Å². The first kappa shape index (κ1) is 19.0. The summed E-state index contributed by atoms with van der Waals surface area (Å²) < 4.78 is 2.33. The van der Waals surface area contributed by atoms with Crippen molar-refractivity contribution in [3.8, 4) is 34.1 Å². The van der Waals surface area contributed by atoms with Gasteiger partial charge in [0.25, 0.3) is 0 Å². The van der Waals surface area contributed by atoms with E-state index >= 15 is 0 Å². The van der Waals surface area contributed by atoms with E-state index in [9.17, 15) is 5.26 Å². The molecular formula is C30H19N3. The molecule has 0 saturated carbocycles. The summed E-state index contributed by atoms with van der Waals surface area (Å²) in [7, 11) is 0. The van der Waals surface area contributed by atoms with Crippen molar-refractivity contribution in [2.75, 3.05) is 0 Å². The predicted molar refractivity (Wildman–Crippen MR) is 134 cm³/mol. The lowest BCUT2D eigenvalue weighted by Crippen LogP contribution is -1.98. The number of benzene rings is 4. The molecular weight excluding hydrogens is 402 g/mol. The Morgan fingerprint density at radius 1 is 0.576 bits per heavy atom. The Morgan fingerprint density at radius 2 is 1.15 bits per heavy atom. The van der Waals surface area contributed by atoms with Crippen LogP contribution in [-0.2, 0) is 0 Å². The van der Waals surface area contributed by atoms with Crippen LogP contribution in [0.25, 0.3) is 49.9 Å². The van der Waals surface area contributed by atoms with E-state index in [1.165, 1.54) is 21.8 Å².